The van der Waals surface area contributed by atoms with Gasteiger partial charge in [0.1, 0.15) is 29.3 Å². The predicted octanol–water partition coefficient (Wildman–Crippen LogP) is 4.06. The van der Waals surface area contributed by atoms with Crippen molar-refractivity contribution >= 4 is 16.7 Å². The highest BCUT2D eigenvalue weighted by Gasteiger charge is 2.63. The predicted molar refractivity (Wildman–Crippen MR) is 93.5 cm³/mol. The van der Waals surface area contributed by atoms with Crippen LogP contribution >= 0.6 is 0 Å². The van der Waals surface area contributed by atoms with E-state index in [1.807, 2.05) is 36.4 Å². The van der Waals surface area contributed by atoms with Crippen LogP contribution in [0.2, 0.25) is 0 Å². The molecule has 26 heavy (non-hydrogen) atoms. The van der Waals surface area contributed by atoms with E-state index < -0.39 is 11.9 Å². The van der Waals surface area contributed by atoms with E-state index >= 15 is 0 Å². The van der Waals surface area contributed by atoms with Crippen LogP contribution in [0.5, 0.6) is 17.2 Å². The summed E-state index contributed by atoms with van der Waals surface area (Å²) in [6, 6.07) is 18.8. The summed E-state index contributed by atoms with van der Waals surface area (Å²) in [5, 5.41) is 20.1. The molecule has 2 aliphatic rings. The lowest BCUT2D eigenvalue weighted by Gasteiger charge is -2.12. The molecule has 0 spiro atoms. The first kappa shape index (κ1) is 14.8. The molecular formula is C21H13NO4. The lowest BCUT2D eigenvalue weighted by molar-refractivity contribution is -0.139. The van der Waals surface area contributed by atoms with Gasteiger partial charge in [-0.25, -0.2) is 0 Å². The van der Waals surface area contributed by atoms with E-state index in [2.05, 4.69) is 6.07 Å². The minimum atomic E-state index is -0.810. The van der Waals surface area contributed by atoms with Gasteiger partial charge in [0, 0.05) is 28.3 Å². The first-order valence-corrected chi connectivity index (χ1v) is 8.30. The van der Waals surface area contributed by atoms with Crippen molar-refractivity contribution in [1.29, 1.82) is 5.26 Å². The zero-order chi connectivity index (χ0) is 17.8. The number of nitrogens with zero attached hydrogens (tertiary/aromatic N) is 1. The second kappa shape index (κ2) is 5.24. The van der Waals surface area contributed by atoms with E-state index in [4.69, 9.17) is 14.6 Å². The van der Waals surface area contributed by atoms with Crippen LogP contribution in [0.4, 0.5) is 0 Å². The van der Waals surface area contributed by atoms with Crippen molar-refractivity contribution in [2.45, 2.75) is 12.0 Å². The maximum Gasteiger partial charge on any atom is 0.311 e. The minimum absolute atomic E-state index is 0.0488. The highest BCUT2D eigenvalue weighted by molar-refractivity contribution is 5.93. The highest BCUT2D eigenvalue weighted by Crippen LogP contribution is 2.58. The lowest BCUT2D eigenvalue weighted by atomic mass is 10.0. The molecule has 1 fully saturated rings. The molecule has 0 amide bonds. The van der Waals surface area contributed by atoms with Crippen molar-refractivity contribution in [2.24, 2.45) is 5.92 Å². The number of aliphatic carboxylic acids is 1. The Hall–Kier alpha value is -3.52. The lowest BCUT2D eigenvalue weighted by Crippen LogP contribution is -2.08. The molecule has 3 aromatic rings. The van der Waals surface area contributed by atoms with E-state index in [1.54, 1.807) is 18.2 Å². The monoisotopic (exact) mass is 343 g/mol. The van der Waals surface area contributed by atoms with Gasteiger partial charge in [0.2, 0.25) is 0 Å². The molecule has 5 nitrogen and oxygen atoms in total. The van der Waals surface area contributed by atoms with Gasteiger partial charge in [0.15, 0.2) is 0 Å². The van der Waals surface area contributed by atoms with E-state index in [0.29, 0.717) is 22.8 Å². The molecule has 1 aliphatic heterocycles. The summed E-state index contributed by atoms with van der Waals surface area (Å²) in [6.45, 7) is 0. The SMILES string of the molecule is N#Cc1ccc(Oc2ccc3c(c2)OC2C(C(=O)O)C32)c2ccccc12. The summed E-state index contributed by atoms with van der Waals surface area (Å²) >= 11 is 0. The molecular weight excluding hydrogens is 330 g/mol. The quantitative estimate of drug-likeness (QED) is 0.776. The normalized spacial score (nSPS) is 22.0. The van der Waals surface area contributed by atoms with Gasteiger partial charge in [-0.05, 0) is 18.2 Å². The van der Waals surface area contributed by atoms with Crippen LogP contribution in [0.25, 0.3) is 10.8 Å². The number of hydrogen-bond acceptors (Lipinski definition) is 4. The molecule has 5 heteroatoms. The number of nitriles is 1. The molecule has 0 saturated heterocycles. The fourth-order valence-corrected chi connectivity index (χ4v) is 3.78. The van der Waals surface area contributed by atoms with Crippen LogP contribution in [0.1, 0.15) is 17.0 Å². The number of fused-ring (bicyclic) bond motifs is 4. The third-order valence-electron chi connectivity index (χ3n) is 5.08. The van der Waals surface area contributed by atoms with E-state index in [9.17, 15) is 10.1 Å². The van der Waals surface area contributed by atoms with E-state index in [1.165, 1.54) is 0 Å². The van der Waals surface area contributed by atoms with Crippen LogP contribution in [0.3, 0.4) is 0 Å². The average molecular weight is 343 g/mol. The van der Waals surface area contributed by atoms with Crippen LogP contribution in [0, 0.1) is 17.2 Å². The molecule has 1 heterocycles. The van der Waals surface area contributed by atoms with Gasteiger partial charge in [-0.3, -0.25) is 4.79 Å². The van der Waals surface area contributed by atoms with Crippen molar-refractivity contribution in [2.75, 3.05) is 0 Å². The number of carboxylic acid groups (broad SMARTS) is 1. The number of hydrogen-bond donors (Lipinski definition) is 1. The Balaban J connectivity index is 1.48. The second-order valence-corrected chi connectivity index (χ2v) is 6.54. The Morgan fingerprint density at radius 2 is 1.92 bits per heavy atom. The first-order chi connectivity index (χ1) is 12.7. The third kappa shape index (κ3) is 2.06. The topological polar surface area (TPSA) is 79.5 Å². The molecule has 0 bridgehead atoms. The van der Waals surface area contributed by atoms with Crippen LogP contribution in [-0.2, 0) is 4.79 Å². The number of carbonyl (C=O) groups is 1. The maximum atomic E-state index is 11.1. The summed E-state index contributed by atoms with van der Waals surface area (Å²) in [4.78, 5) is 11.1. The van der Waals surface area contributed by atoms with Gasteiger partial charge in [-0.1, -0.05) is 30.3 Å². The Labute approximate surface area is 149 Å². The van der Waals surface area contributed by atoms with Crippen LogP contribution < -0.4 is 9.47 Å². The molecule has 3 aromatic carbocycles. The Morgan fingerprint density at radius 3 is 2.69 bits per heavy atom. The third-order valence-corrected chi connectivity index (χ3v) is 5.08. The van der Waals surface area contributed by atoms with Gasteiger partial charge in [-0.2, -0.15) is 5.26 Å². The number of carboxylic acids is 1. The average Bonchev–Trinajstić information content (AvgIpc) is 3.25. The second-order valence-electron chi connectivity index (χ2n) is 6.54. The van der Waals surface area contributed by atoms with Gasteiger partial charge in [0.05, 0.1) is 11.6 Å². The fraction of sp³-hybridized carbons (Fsp3) is 0.143. The first-order valence-electron chi connectivity index (χ1n) is 8.30. The summed E-state index contributed by atoms with van der Waals surface area (Å²) < 4.78 is 11.8. The number of ether oxygens (including phenoxy) is 2. The molecule has 5 rings (SSSR count). The summed E-state index contributed by atoms with van der Waals surface area (Å²) in [7, 11) is 0. The molecule has 1 aliphatic carbocycles. The van der Waals surface area contributed by atoms with Gasteiger partial charge < -0.3 is 14.6 Å². The van der Waals surface area contributed by atoms with Crippen molar-refractivity contribution in [3.63, 3.8) is 0 Å². The minimum Gasteiger partial charge on any atom is -0.488 e. The molecule has 1 saturated carbocycles. The zero-order valence-electron chi connectivity index (χ0n) is 13.5. The van der Waals surface area contributed by atoms with Gasteiger partial charge in [0.25, 0.3) is 0 Å². The number of rotatable bonds is 3. The molecule has 0 aromatic heterocycles. The molecule has 1 N–H and O–H groups in total. The van der Waals surface area contributed by atoms with Crippen LogP contribution in [-0.4, -0.2) is 17.2 Å². The molecule has 126 valence electrons. The van der Waals surface area contributed by atoms with Crippen molar-refractivity contribution in [1.82, 2.24) is 0 Å². The summed E-state index contributed by atoms with van der Waals surface area (Å²) in [5.74, 6) is 0.671. The van der Waals surface area contributed by atoms with Crippen molar-refractivity contribution in [3.05, 3.63) is 65.7 Å². The van der Waals surface area contributed by atoms with Gasteiger partial charge >= 0.3 is 5.97 Å². The van der Waals surface area contributed by atoms with Crippen molar-refractivity contribution in [3.8, 4) is 23.3 Å². The molecule has 3 unspecified atom stereocenters. The largest absolute Gasteiger partial charge is 0.488 e. The summed E-state index contributed by atoms with van der Waals surface area (Å²) in [6.07, 6.45) is -0.256. The standard InChI is InChI=1S/C21H13NO4/c22-10-11-5-8-16(14-4-2-1-3-13(11)14)25-12-6-7-15-17(9-12)26-20-18(15)19(20)21(23)24/h1-9,18-20H,(H,23,24). The molecule has 3 atom stereocenters. The maximum absolute atomic E-state index is 11.1. The van der Waals surface area contributed by atoms with Gasteiger partial charge in [-0.15, -0.1) is 0 Å². The fourth-order valence-electron chi connectivity index (χ4n) is 3.78. The Bertz CT molecular complexity index is 1110. The molecule has 0 radical (unpaired) electrons. The Morgan fingerprint density at radius 1 is 1.12 bits per heavy atom. The summed E-state index contributed by atoms with van der Waals surface area (Å²) in [5.41, 5.74) is 1.53. The highest BCUT2D eigenvalue weighted by atomic mass is 16.5. The van der Waals surface area contributed by atoms with E-state index in [0.717, 1.165) is 16.3 Å². The number of benzene rings is 3. The van der Waals surface area contributed by atoms with Crippen molar-refractivity contribution < 1.29 is 19.4 Å². The smallest absolute Gasteiger partial charge is 0.311 e. The zero-order valence-corrected chi connectivity index (χ0v) is 13.5. The van der Waals surface area contributed by atoms with Crippen LogP contribution in [0.15, 0.2) is 54.6 Å². The van der Waals surface area contributed by atoms with E-state index in [-0.39, 0.29) is 12.0 Å². The Kier molecular flexibility index (Phi) is 2.98.